The number of carbonyl (C=O) groups is 1. The summed E-state index contributed by atoms with van der Waals surface area (Å²) in [5, 5.41) is 6.70. The van der Waals surface area contributed by atoms with E-state index in [2.05, 4.69) is 33.4 Å². The molecule has 0 aliphatic carbocycles. The number of amides is 1. The SMILES string of the molecule is O=C(NCCSCc1ccc(Br)s1)c1ccsc1. The molecule has 2 nitrogen and oxygen atoms in total. The number of halogens is 1. The normalized spacial score (nSPS) is 10.5. The van der Waals surface area contributed by atoms with Crippen LogP contribution in [0.4, 0.5) is 0 Å². The van der Waals surface area contributed by atoms with Gasteiger partial charge in [-0.05, 0) is 39.5 Å². The topological polar surface area (TPSA) is 29.1 Å². The molecule has 1 N–H and O–H groups in total. The van der Waals surface area contributed by atoms with Crippen molar-refractivity contribution in [3.8, 4) is 0 Å². The molecule has 0 spiro atoms. The number of hydrogen-bond acceptors (Lipinski definition) is 4. The van der Waals surface area contributed by atoms with Gasteiger partial charge in [0.2, 0.25) is 0 Å². The van der Waals surface area contributed by atoms with Crippen LogP contribution in [0, 0.1) is 0 Å². The van der Waals surface area contributed by atoms with Gasteiger partial charge in [-0.3, -0.25) is 4.79 Å². The molecule has 18 heavy (non-hydrogen) atoms. The van der Waals surface area contributed by atoms with Crippen molar-refractivity contribution in [2.45, 2.75) is 5.75 Å². The second kappa shape index (κ2) is 7.33. The molecule has 0 unspecified atom stereocenters. The number of hydrogen-bond donors (Lipinski definition) is 1. The summed E-state index contributed by atoms with van der Waals surface area (Å²) in [6.07, 6.45) is 0. The van der Waals surface area contributed by atoms with Gasteiger partial charge in [-0.25, -0.2) is 0 Å². The molecule has 0 radical (unpaired) electrons. The lowest BCUT2D eigenvalue weighted by atomic mass is 10.3. The second-order valence-corrected chi connectivity index (χ2v) is 7.96. The van der Waals surface area contributed by atoms with Crippen molar-refractivity contribution < 1.29 is 4.79 Å². The van der Waals surface area contributed by atoms with Gasteiger partial charge in [0.05, 0.1) is 3.79 Å². The average Bonchev–Trinajstić information content (AvgIpc) is 2.99. The van der Waals surface area contributed by atoms with E-state index in [9.17, 15) is 4.79 Å². The molecule has 0 aromatic carbocycles. The van der Waals surface area contributed by atoms with E-state index in [0.29, 0.717) is 6.54 Å². The summed E-state index contributed by atoms with van der Waals surface area (Å²) in [6.45, 7) is 0.714. The van der Waals surface area contributed by atoms with E-state index in [-0.39, 0.29) is 5.91 Å². The standard InChI is InChI=1S/C12H12BrNOS3/c13-11-2-1-10(18-11)8-17-6-4-14-12(15)9-3-5-16-7-9/h1-3,5,7H,4,6,8H2,(H,14,15). The molecular weight excluding hydrogens is 350 g/mol. The molecule has 1 amide bonds. The Morgan fingerprint density at radius 3 is 2.94 bits per heavy atom. The molecular formula is C12H12BrNOS3. The third-order valence-corrected chi connectivity index (χ3v) is 5.69. The Kier molecular flexibility index (Phi) is 5.75. The summed E-state index contributed by atoms with van der Waals surface area (Å²) < 4.78 is 1.17. The molecule has 0 atom stereocenters. The minimum absolute atomic E-state index is 0.0238. The second-order valence-electron chi connectivity index (χ2n) is 3.53. The Bertz CT molecular complexity index is 495. The first-order valence-corrected chi connectivity index (χ1v) is 9.09. The van der Waals surface area contributed by atoms with E-state index < -0.39 is 0 Å². The highest BCUT2D eigenvalue weighted by Gasteiger charge is 2.04. The van der Waals surface area contributed by atoms with Gasteiger partial charge in [-0.1, -0.05) is 0 Å². The van der Waals surface area contributed by atoms with Crippen LogP contribution in [0.15, 0.2) is 32.7 Å². The summed E-state index contributed by atoms with van der Waals surface area (Å²) in [5.74, 6) is 1.96. The Hall–Kier alpha value is -0.300. The fourth-order valence-electron chi connectivity index (χ4n) is 1.33. The smallest absolute Gasteiger partial charge is 0.252 e. The van der Waals surface area contributed by atoms with E-state index in [1.807, 2.05) is 28.6 Å². The summed E-state index contributed by atoms with van der Waals surface area (Å²) >= 11 is 8.59. The number of thioether (sulfide) groups is 1. The zero-order valence-electron chi connectivity index (χ0n) is 9.52. The van der Waals surface area contributed by atoms with Crippen LogP contribution in [-0.4, -0.2) is 18.2 Å². The van der Waals surface area contributed by atoms with Gasteiger partial charge < -0.3 is 5.32 Å². The lowest BCUT2D eigenvalue weighted by Crippen LogP contribution is -2.25. The van der Waals surface area contributed by atoms with Crippen LogP contribution in [0.3, 0.4) is 0 Å². The van der Waals surface area contributed by atoms with Gasteiger partial charge in [0, 0.05) is 33.9 Å². The molecule has 0 bridgehead atoms. The van der Waals surface area contributed by atoms with Gasteiger partial charge in [0.15, 0.2) is 0 Å². The van der Waals surface area contributed by atoms with E-state index >= 15 is 0 Å². The van der Waals surface area contributed by atoms with Crippen molar-refractivity contribution in [2.75, 3.05) is 12.3 Å². The minimum atomic E-state index is 0.0238. The number of carbonyl (C=O) groups excluding carboxylic acids is 1. The molecule has 0 saturated carbocycles. The van der Waals surface area contributed by atoms with Crippen LogP contribution in [0.2, 0.25) is 0 Å². The molecule has 96 valence electrons. The van der Waals surface area contributed by atoms with Crippen LogP contribution >= 0.6 is 50.4 Å². The summed E-state index contributed by atoms with van der Waals surface area (Å²) in [4.78, 5) is 13.0. The molecule has 2 heterocycles. The first-order chi connectivity index (χ1) is 8.75. The van der Waals surface area contributed by atoms with Gasteiger partial charge in [-0.15, -0.1) is 11.3 Å². The summed E-state index contributed by atoms with van der Waals surface area (Å²) in [6, 6.07) is 6.04. The summed E-state index contributed by atoms with van der Waals surface area (Å²) in [5.41, 5.74) is 0.757. The van der Waals surface area contributed by atoms with Crippen molar-refractivity contribution in [3.63, 3.8) is 0 Å². The Morgan fingerprint density at radius 1 is 1.39 bits per heavy atom. The maximum absolute atomic E-state index is 11.6. The molecule has 0 aliphatic rings. The first-order valence-electron chi connectivity index (χ1n) is 5.38. The van der Waals surface area contributed by atoms with Crippen LogP contribution in [0.1, 0.15) is 15.2 Å². The largest absolute Gasteiger partial charge is 0.351 e. The van der Waals surface area contributed by atoms with Crippen molar-refractivity contribution in [1.29, 1.82) is 0 Å². The highest BCUT2D eigenvalue weighted by atomic mass is 79.9. The number of rotatable bonds is 6. The molecule has 2 aromatic rings. The lowest BCUT2D eigenvalue weighted by Gasteiger charge is -2.03. The monoisotopic (exact) mass is 361 g/mol. The van der Waals surface area contributed by atoms with Crippen LogP contribution in [-0.2, 0) is 5.75 Å². The van der Waals surface area contributed by atoms with Crippen LogP contribution in [0.25, 0.3) is 0 Å². The fraction of sp³-hybridized carbons (Fsp3) is 0.250. The maximum Gasteiger partial charge on any atom is 0.252 e. The average molecular weight is 362 g/mol. The van der Waals surface area contributed by atoms with Crippen molar-refractivity contribution in [1.82, 2.24) is 5.32 Å². The molecule has 6 heteroatoms. The highest BCUT2D eigenvalue weighted by Crippen LogP contribution is 2.25. The van der Waals surface area contributed by atoms with E-state index in [1.165, 1.54) is 8.66 Å². The third-order valence-electron chi connectivity index (χ3n) is 2.19. The Labute approximate surface area is 127 Å². The van der Waals surface area contributed by atoms with Crippen molar-refractivity contribution in [3.05, 3.63) is 43.2 Å². The molecule has 2 aromatic heterocycles. The zero-order valence-corrected chi connectivity index (χ0v) is 13.6. The highest BCUT2D eigenvalue weighted by molar-refractivity contribution is 9.11. The number of thiophene rings is 2. The Balaban J connectivity index is 1.60. The van der Waals surface area contributed by atoms with E-state index in [4.69, 9.17) is 0 Å². The zero-order chi connectivity index (χ0) is 12.8. The lowest BCUT2D eigenvalue weighted by molar-refractivity contribution is 0.0956. The molecule has 0 fully saturated rings. The predicted molar refractivity (Wildman–Crippen MR) is 84.8 cm³/mol. The maximum atomic E-state index is 11.6. The first kappa shape index (κ1) is 14.1. The minimum Gasteiger partial charge on any atom is -0.351 e. The molecule has 0 saturated heterocycles. The predicted octanol–water partition coefficient (Wildman–Crippen LogP) is 4.24. The third kappa shape index (κ3) is 4.42. The van der Waals surface area contributed by atoms with Gasteiger partial charge in [0.25, 0.3) is 5.91 Å². The van der Waals surface area contributed by atoms with Crippen LogP contribution < -0.4 is 5.32 Å². The van der Waals surface area contributed by atoms with Crippen LogP contribution in [0.5, 0.6) is 0 Å². The molecule has 0 aliphatic heterocycles. The fourth-order valence-corrected chi connectivity index (χ4v) is 4.42. The van der Waals surface area contributed by atoms with Gasteiger partial charge in [-0.2, -0.15) is 23.1 Å². The van der Waals surface area contributed by atoms with E-state index in [1.54, 1.807) is 22.7 Å². The number of nitrogens with one attached hydrogen (secondary N) is 1. The van der Waals surface area contributed by atoms with Gasteiger partial charge in [0.1, 0.15) is 0 Å². The van der Waals surface area contributed by atoms with Crippen molar-refractivity contribution in [2.24, 2.45) is 0 Å². The summed E-state index contributed by atoms with van der Waals surface area (Å²) in [7, 11) is 0. The van der Waals surface area contributed by atoms with Gasteiger partial charge >= 0.3 is 0 Å². The van der Waals surface area contributed by atoms with Crippen molar-refractivity contribution >= 4 is 56.3 Å². The quantitative estimate of drug-likeness (QED) is 0.779. The Morgan fingerprint density at radius 2 is 2.28 bits per heavy atom. The molecule has 2 rings (SSSR count). The van der Waals surface area contributed by atoms with E-state index in [0.717, 1.165) is 17.1 Å².